The lowest BCUT2D eigenvalue weighted by molar-refractivity contribution is -0.129. The van der Waals surface area contributed by atoms with Crippen molar-refractivity contribution in [3.05, 3.63) is 64.9 Å². The summed E-state index contributed by atoms with van der Waals surface area (Å²) in [6.07, 6.45) is 4.93. The number of likely N-dealkylation sites (tertiary alicyclic amines) is 1. The zero-order valence-electron chi connectivity index (χ0n) is 16.4. The summed E-state index contributed by atoms with van der Waals surface area (Å²) in [7, 11) is 1.95. The van der Waals surface area contributed by atoms with E-state index in [0.29, 0.717) is 11.8 Å². The third kappa shape index (κ3) is 6.50. The van der Waals surface area contributed by atoms with E-state index in [9.17, 15) is 4.79 Å². The fourth-order valence-corrected chi connectivity index (χ4v) is 4.65. The van der Waals surface area contributed by atoms with Crippen molar-refractivity contribution in [3.63, 3.8) is 0 Å². The average molecular weight is 418 g/mol. The summed E-state index contributed by atoms with van der Waals surface area (Å²) in [6, 6.07) is 14.3. The smallest absolute Gasteiger partial charge is 0.232 e. The Hall–Kier alpha value is -1.56. The fraction of sp³-hybridized carbons (Fsp3) is 0.455. The van der Waals surface area contributed by atoms with Gasteiger partial charge in [0.2, 0.25) is 5.91 Å². The summed E-state index contributed by atoms with van der Waals surface area (Å²) in [5.74, 6) is 1.55. The highest BCUT2D eigenvalue weighted by Crippen LogP contribution is 2.19. The highest BCUT2D eigenvalue weighted by Gasteiger charge is 2.25. The predicted molar refractivity (Wildman–Crippen MR) is 118 cm³/mol. The molecule has 2 aromatic rings. The molecule has 1 aliphatic rings. The summed E-state index contributed by atoms with van der Waals surface area (Å²) in [6.45, 7) is 3.13. The summed E-state index contributed by atoms with van der Waals surface area (Å²) in [5, 5.41) is 0.747. The molecule has 3 rings (SSSR count). The van der Waals surface area contributed by atoms with Crippen molar-refractivity contribution in [2.24, 2.45) is 0 Å². The Balaban J connectivity index is 1.35. The van der Waals surface area contributed by atoms with Gasteiger partial charge in [-0.2, -0.15) is 0 Å². The SMILES string of the molecule is CN(C(=O)CSCc1cccc(Cl)c1)C1CCN(CCc2ccccn2)CC1. The van der Waals surface area contributed by atoms with Gasteiger partial charge in [0.15, 0.2) is 0 Å². The molecule has 0 atom stereocenters. The molecule has 4 nitrogen and oxygen atoms in total. The number of nitrogens with zero attached hydrogens (tertiary/aromatic N) is 3. The topological polar surface area (TPSA) is 36.4 Å². The van der Waals surface area contributed by atoms with Crippen LogP contribution in [0.25, 0.3) is 0 Å². The first kappa shape index (κ1) is 21.2. The number of carbonyl (C=O) groups is 1. The van der Waals surface area contributed by atoms with Gasteiger partial charge in [-0.15, -0.1) is 11.8 Å². The van der Waals surface area contributed by atoms with Gasteiger partial charge in [0.1, 0.15) is 0 Å². The molecule has 0 N–H and O–H groups in total. The largest absolute Gasteiger partial charge is 0.342 e. The van der Waals surface area contributed by atoms with E-state index < -0.39 is 0 Å². The van der Waals surface area contributed by atoms with Crippen LogP contribution < -0.4 is 0 Å². The molecule has 1 fully saturated rings. The quantitative estimate of drug-likeness (QED) is 0.647. The van der Waals surface area contributed by atoms with Crippen molar-refractivity contribution in [1.29, 1.82) is 0 Å². The van der Waals surface area contributed by atoms with Gasteiger partial charge in [-0.25, -0.2) is 0 Å². The van der Waals surface area contributed by atoms with Crippen molar-refractivity contribution in [3.8, 4) is 0 Å². The van der Waals surface area contributed by atoms with Crippen LogP contribution in [0.15, 0.2) is 48.7 Å². The number of hydrogen-bond donors (Lipinski definition) is 0. The molecule has 0 saturated carbocycles. The van der Waals surface area contributed by atoms with E-state index >= 15 is 0 Å². The van der Waals surface area contributed by atoms with Gasteiger partial charge in [0.05, 0.1) is 5.75 Å². The number of hydrogen-bond acceptors (Lipinski definition) is 4. The highest BCUT2D eigenvalue weighted by molar-refractivity contribution is 7.99. The Kier molecular flexibility index (Phi) is 8.19. The number of carbonyl (C=O) groups excluding carboxylic acids is 1. The molecule has 150 valence electrons. The molecule has 1 aromatic heterocycles. The van der Waals surface area contributed by atoms with Crippen LogP contribution >= 0.6 is 23.4 Å². The molecule has 0 spiro atoms. The van der Waals surface area contributed by atoms with E-state index in [-0.39, 0.29) is 5.91 Å². The lowest BCUT2D eigenvalue weighted by atomic mass is 10.0. The van der Waals surface area contributed by atoms with E-state index in [1.54, 1.807) is 11.8 Å². The molecule has 2 heterocycles. The van der Waals surface area contributed by atoms with E-state index in [2.05, 4.69) is 16.0 Å². The monoisotopic (exact) mass is 417 g/mol. The minimum atomic E-state index is 0.221. The van der Waals surface area contributed by atoms with E-state index in [0.717, 1.165) is 60.9 Å². The maximum atomic E-state index is 12.5. The van der Waals surface area contributed by atoms with Crippen LogP contribution in [0.1, 0.15) is 24.1 Å². The molecule has 0 aliphatic carbocycles. The fourth-order valence-electron chi connectivity index (χ4n) is 3.54. The molecule has 6 heteroatoms. The molecular formula is C22H28ClN3OS. The molecule has 1 amide bonds. The lowest BCUT2D eigenvalue weighted by Crippen LogP contribution is -2.46. The maximum Gasteiger partial charge on any atom is 0.232 e. The van der Waals surface area contributed by atoms with Crippen LogP contribution in [-0.4, -0.2) is 59.2 Å². The molecule has 0 unspecified atom stereocenters. The summed E-state index contributed by atoms with van der Waals surface area (Å²) < 4.78 is 0. The Morgan fingerprint density at radius 3 is 2.79 bits per heavy atom. The standard InChI is InChI=1S/C22H28ClN3OS/c1-25(22(27)17-28-16-18-5-4-6-19(23)15-18)21-9-13-26(14-10-21)12-8-20-7-2-3-11-24-20/h2-7,11,15,21H,8-10,12-14,16-17H2,1H3. The van der Waals surface area contributed by atoms with Gasteiger partial charge in [-0.05, 0) is 42.7 Å². The summed E-state index contributed by atoms with van der Waals surface area (Å²) in [4.78, 5) is 21.4. The van der Waals surface area contributed by atoms with Crippen LogP contribution in [0.5, 0.6) is 0 Å². The first-order valence-corrected chi connectivity index (χ1v) is 11.3. The molecule has 0 radical (unpaired) electrons. The maximum absolute atomic E-state index is 12.5. The van der Waals surface area contributed by atoms with Crippen LogP contribution in [0, 0.1) is 0 Å². The van der Waals surface area contributed by atoms with Gasteiger partial charge in [0.25, 0.3) is 0 Å². The average Bonchev–Trinajstić information content (AvgIpc) is 2.73. The Morgan fingerprint density at radius 2 is 2.07 bits per heavy atom. The number of halogens is 1. The van der Waals surface area contributed by atoms with E-state index in [1.807, 2.05) is 54.5 Å². The lowest BCUT2D eigenvalue weighted by Gasteiger charge is -2.36. The van der Waals surface area contributed by atoms with E-state index in [4.69, 9.17) is 11.6 Å². The second kappa shape index (κ2) is 10.8. The molecule has 28 heavy (non-hydrogen) atoms. The number of piperidine rings is 1. The predicted octanol–water partition coefficient (Wildman–Crippen LogP) is 4.13. The summed E-state index contributed by atoms with van der Waals surface area (Å²) in [5.41, 5.74) is 2.31. The normalized spacial score (nSPS) is 15.5. The number of aromatic nitrogens is 1. The Morgan fingerprint density at radius 1 is 1.25 bits per heavy atom. The molecule has 1 aliphatic heterocycles. The van der Waals surface area contributed by atoms with Crippen molar-refractivity contribution in [2.45, 2.75) is 31.1 Å². The van der Waals surface area contributed by atoms with Crippen LogP contribution in [-0.2, 0) is 17.0 Å². The first-order valence-electron chi connectivity index (χ1n) is 9.82. The number of rotatable bonds is 8. The van der Waals surface area contributed by atoms with Crippen LogP contribution in [0.3, 0.4) is 0 Å². The van der Waals surface area contributed by atoms with Gasteiger partial charge >= 0.3 is 0 Å². The van der Waals surface area contributed by atoms with Gasteiger partial charge in [-0.1, -0.05) is 29.8 Å². The Labute approximate surface area is 177 Å². The van der Waals surface area contributed by atoms with Gasteiger partial charge in [0, 0.05) is 61.8 Å². The minimum absolute atomic E-state index is 0.221. The number of pyridine rings is 1. The zero-order valence-corrected chi connectivity index (χ0v) is 18.0. The second-order valence-electron chi connectivity index (χ2n) is 7.27. The summed E-state index contributed by atoms with van der Waals surface area (Å²) >= 11 is 7.67. The van der Waals surface area contributed by atoms with Crippen molar-refractivity contribution in [1.82, 2.24) is 14.8 Å². The number of benzene rings is 1. The van der Waals surface area contributed by atoms with Crippen LogP contribution in [0.4, 0.5) is 0 Å². The van der Waals surface area contributed by atoms with Gasteiger partial charge in [-0.3, -0.25) is 9.78 Å². The first-order chi connectivity index (χ1) is 13.6. The number of amides is 1. The molecule has 1 aromatic carbocycles. The molecule has 0 bridgehead atoms. The van der Waals surface area contributed by atoms with Gasteiger partial charge < -0.3 is 9.80 Å². The van der Waals surface area contributed by atoms with E-state index in [1.165, 1.54) is 0 Å². The van der Waals surface area contributed by atoms with Crippen LogP contribution in [0.2, 0.25) is 5.02 Å². The highest BCUT2D eigenvalue weighted by atomic mass is 35.5. The zero-order chi connectivity index (χ0) is 19.8. The third-order valence-corrected chi connectivity index (χ3v) is 6.52. The van der Waals surface area contributed by atoms with Crippen molar-refractivity contribution < 1.29 is 4.79 Å². The second-order valence-corrected chi connectivity index (χ2v) is 8.69. The third-order valence-electron chi connectivity index (χ3n) is 5.29. The molecular weight excluding hydrogens is 390 g/mol. The van der Waals surface area contributed by atoms with Crippen molar-refractivity contribution in [2.75, 3.05) is 32.4 Å². The van der Waals surface area contributed by atoms with Crippen molar-refractivity contribution >= 4 is 29.3 Å². The molecule has 1 saturated heterocycles. The minimum Gasteiger partial charge on any atom is -0.342 e. The Bertz CT molecular complexity index is 750. The number of thioether (sulfide) groups is 1.